The quantitative estimate of drug-likeness (QED) is 0.390. The van der Waals surface area contributed by atoms with Gasteiger partial charge < -0.3 is 20.3 Å². The lowest BCUT2D eigenvalue weighted by Gasteiger charge is -2.21. The number of rotatable bonds is 9. The minimum absolute atomic E-state index is 0.0843. The van der Waals surface area contributed by atoms with Gasteiger partial charge >= 0.3 is 12.2 Å². The number of alkyl halides is 3. The zero-order valence-electron chi connectivity index (χ0n) is 18.6. The van der Waals surface area contributed by atoms with Crippen LogP contribution in [0.2, 0.25) is 5.02 Å². The van der Waals surface area contributed by atoms with Crippen molar-refractivity contribution in [2.75, 3.05) is 25.6 Å². The highest BCUT2D eigenvalue weighted by Crippen LogP contribution is 2.29. The maximum absolute atomic E-state index is 12.9. The number of thiazole rings is 1. The number of aromatic nitrogens is 1. The van der Waals surface area contributed by atoms with Crippen LogP contribution in [0, 0.1) is 0 Å². The Morgan fingerprint density at radius 2 is 1.91 bits per heavy atom. The van der Waals surface area contributed by atoms with E-state index in [1.165, 1.54) is 40.9 Å². The molecule has 2 aromatic carbocycles. The second-order valence-corrected chi connectivity index (χ2v) is 8.74. The number of urea groups is 1. The predicted molar refractivity (Wildman–Crippen MR) is 127 cm³/mol. The van der Waals surface area contributed by atoms with Gasteiger partial charge in [-0.05, 0) is 42.0 Å². The first-order valence-corrected chi connectivity index (χ1v) is 11.6. The fraction of sp³-hybridized carbons (Fsp3) is 0.261. The number of carbonyl (C=O) groups is 2. The Bertz CT molecular complexity index is 1160. The summed E-state index contributed by atoms with van der Waals surface area (Å²) in [5, 5.41) is 7.92. The Balaban J connectivity index is 1.61. The molecular formula is C23H22ClF3N4O3S. The highest BCUT2D eigenvalue weighted by Gasteiger charge is 2.30. The summed E-state index contributed by atoms with van der Waals surface area (Å²) in [4.78, 5) is 31.0. The molecule has 1 heterocycles. The smallest absolute Gasteiger partial charge is 0.383 e. The van der Waals surface area contributed by atoms with Gasteiger partial charge in [0.2, 0.25) is 0 Å². The summed E-state index contributed by atoms with van der Waals surface area (Å²) in [6, 6.07) is 11.0. The van der Waals surface area contributed by atoms with Crippen molar-refractivity contribution in [2.24, 2.45) is 0 Å². The largest absolute Gasteiger partial charge is 0.416 e. The van der Waals surface area contributed by atoms with Gasteiger partial charge in [0.25, 0.3) is 5.91 Å². The summed E-state index contributed by atoms with van der Waals surface area (Å²) < 4.78 is 43.7. The van der Waals surface area contributed by atoms with Gasteiger partial charge in [0.15, 0.2) is 0 Å². The van der Waals surface area contributed by atoms with Crippen LogP contribution in [0.15, 0.2) is 53.9 Å². The molecular weight excluding hydrogens is 505 g/mol. The predicted octanol–water partition coefficient (Wildman–Crippen LogP) is 5.43. The molecule has 12 heteroatoms. The van der Waals surface area contributed by atoms with Crippen LogP contribution in [0.1, 0.15) is 26.6 Å². The first-order valence-electron chi connectivity index (χ1n) is 10.3. The third-order valence-corrected chi connectivity index (χ3v) is 5.85. The third kappa shape index (κ3) is 7.94. The summed E-state index contributed by atoms with van der Waals surface area (Å²) in [5.41, 5.74) is 0.207. The lowest BCUT2D eigenvalue weighted by atomic mass is 10.1. The maximum atomic E-state index is 12.9. The maximum Gasteiger partial charge on any atom is 0.416 e. The van der Waals surface area contributed by atoms with Crippen molar-refractivity contribution in [2.45, 2.75) is 19.3 Å². The number of methoxy groups -OCH3 is 1. The van der Waals surface area contributed by atoms with Crippen LogP contribution in [0.4, 0.5) is 23.7 Å². The van der Waals surface area contributed by atoms with Crippen LogP contribution in [0.25, 0.3) is 0 Å². The highest BCUT2D eigenvalue weighted by molar-refractivity contribution is 7.09. The number of halogens is 4. The molecule has 0 aliphatic carbocycles. The first-order chi connectivity index (χ1) is 16.7. The fourth-order valence-corrected chi connectivity index (χ4v) is 3.89. The van der Waals surface area contributed by atoms with Crippen molar-refractivity contribution in [3.63, 3.8) is 0 Å². The summed E-state index contributed by atoms with van der Waals surface area (Å²) >= 11 is 7.06. The molecule has 0 unspecified atom stereocenters. The molecule has 7 nitrogen and oxygen atoms in total. The van der Waals surface area contributed by atoms with E-state index in [9.17, 15) is 22.8 Å². The van der Waals surface area contributed by atoms with Crippen LogP contribution >= 0.6 is 22.9 Å². The lowest BCUT2D eigenvalue weighted by Crippen LogP contribution is -2.36. The summed E-state index contributed by atoms with van der Waals surface area (Å²) in [6.45, 7) is 0.629. The van der Waals surface area contributed by atoms with E-state index in [4.69, 9.17) is 16.3 Å². The molecule has 186 valence electrons. The zero-order valence-corrected chi connectivity index (χ0v) is 20.1. The van der Waals surface area contributed by atoms with E-state index >= 15 is 0 Å². The van der Waals surface area contributed by atoms with E-state index in [1.54, 1.807) is 24.3 Å². The van der Waals surface area contributed by atoms with Crippen LogP contribution in [0.3, 0.4) is 0 Å². The van der Waals surface area contributed by atoms with Crippen LogP contribution < -0.4 is 10.6 Å². The zero-order chi connectivity index (χ0) is 25.4. The Morgan fingerprint density at radius 3 is 2.60 bits per heavy atom. The minimum Gasteiger partial charge on any atom is -0.383 e. The van der Waals surface area contributed by atoms with E-state index in [0.717, 1.165) is 12.1 Å². The minimum atomic E-state index is -4.46. The molecule has 0 saturated carbocycles. The molecule has 0 fully saturated rings. The second kappa shape index (κ2) is 12.0. The van der Waals surface area contributed by atoms with Gasteiger partial charge in [0.05, 0.1) is 18.7 Å². The van der Waals surface area contributed by atoms with E-state index in [0.29, 0.717) is 27.9 Å². The van der Waals surface area contributed by atoms with Crippen LogP contribution in [0.5, 0.6) is 0 Å². The van der Waals surface area contributed by atoms with Gasteiger partial charge in [-0.15, -0.1) is 11.3 Å². The molecule has 0 spiro atoms. The summed E-state index contributed by atoms with van der Waals surface area (Å²) in [5.74, 6) is -0.529. The number of benzene rings is 2. The van der Waals surface area contributed by atoms with Gasteiger partial charge in [0.1, 0.15) is 10.7 Å². The van der Waals surface area contributed by atoms with Gasteiger partial charge in [0, 0.05) is 36.3 Å². The van der Waals surface area contributed by atoms with Crippen molar-refractivity contribution >= 4 is 40.6 Å². The van der Waals surface area contributed by atoms with E-state index in [2.05, 4.69) is 15.6 Å². The fourth-order valence-electron chi connectivity index (χ4n) is 2.97. The van der Waals surface area contributed by atoms with E-state index in [-0.39, 0.29) is 31.4 Å². The average molecular weight is 527 g/mol. The number of hydrogen-bond acceptors (Lipinski definition) is 5. The molecule has 3 aromatic rings. The van der Waals surface area contributed by atoms with E-state index in [1.807, 2.05) is 0 Å². The third-order valence-electron chi connectivity index (χ3n) is 4.77. The molecule has 3 amide bonds. The number of ether oxygens (including phenoxy) is 1. The topological polar surface area (TPSA) is 83.6 Å². The molecule has 0 aliphatic heterocycles. The summed E-state index contributed by atoms with van der Waals surface area (Å²) in [7, 11) is 1.52. The van der Waals surface area contributed by atoms with Crippen LogP contribution in [-0.4, -0.2) is 42.1 Å². The number of amides is 3. The van der Waals surface area contributed by atoms with Crippen molar-refractivity contribution in [3.8, 4) is 0 Å². The van der Waals surface area contributed by atoms with Gasteiger partial charge in [-0.1, -0.05) is 23.7 Å². The molecule has 0 aliphatic rings. The van der Waals surface area contributed by atoms with Crippen molar-refractivity contribution in [1.29, 1.82) is 0 Å². The van der Waals surface area contributed by atoms with Crippen LogP contribution in [-0.2, 0) is 24.0 Å². The standard InChI is InChI=1S/C23H22ClF3N4O3S/c1-34-10-9-31(22(33)29-18-7-5-17(24)6-8-18)13-20-30-19(14-35-20)21(32)28-12-15-3-2-4-16(11-15)23(25,26)27/h2-8,11,14H,9-10,12-13H2,1H3,(H,28,32)(H,29,33). The normalized spacial score (nSPS) is 11.2. The Morgan fingerprint density at radius 1 is 1.17 bits per heavy atom. The Labute approximate surface area is 208 Å². The number of carbonyl (C=O) groups excluding carboxylic acids is 2. The molecule has 0 bridgehead atoms. The number of nitrogens with zero attached hydrogens (tertiary/aromatic N) is 2. The van der Waals surface area contributed by atoms with E-state index < -0.39 is 17.6 Å². The molecule has 1 aromatic heterocycles. The SMILES string of the molecule is COCCN(Cc1nc(C(=O)NCc2cccc(C(F)(F)F)c2)cs1)C(=O)Nc1ccc(Cl)cc1. The molecule has 0 radical (unpaired) electrons. The Kier molecular flexibility index (Phi) is 9.07. The number of nitrogens with one attached hydrogen (secondary N) is 2. The molecule has 2 N–H and O–H groups in total. The monoisotopic (exact) mass is 526 g/mol. The molecule has 0 atom stereocenters. The molecule has 3 rings (SSSR count). The van der Waals surface area contributed by atoms with Gasteiger partial charge in [-0.3, -0.25) is 4.79 Å². The van der Waals surface area contributed by atoms with Gasteiger partial charge in [-0.2, -0.15) is 13.2 Å². The number of hydrogen-bond donors (Lipinski definition) is 2. The lowest BCUT2D eigenvalue weighted by molar-refractivity contribution is -0.137. The average Bonchev–Trinajstić information content (AvgIpc) is 3.30. The molecule has 35 heavy (non-hydrogen) atoms. The second-order valence-electron chi connectivity index (χ2n) is 7.36. The van der Waals surface area contributed by atoms with Crippen molar-refractivity contribution < 1.29 is 27.5 Å². The molecule has 0 saturated heterocycles. The number of anilines is 1. The highest BCUT2D eigenvalue weighted by atomic mass is 35.5. The Hall–Kier alpha value is -3.15. The van der Waals surface area contributed by atoms with Gasteiger partial charge in [-0.25, -0.2) is 9.78 Å². The summed E-state index contributed by atoms with van der Waals surface area (Å²) in [6.07, 6.45) is -4.46. The first kappa shape index (κ1) is 26.5. The van der Waals surface area contributed by atoms with Crippen molar-refractivity contribution in [1.82, 2.24) is 15.2 Å². The van der Waals surface area contributed by atoms with Crippen molar-refractivity contribution in [3.05, 3.63) is 80.8 Å².